The van der Waals surface area contributed by atoms with Gasteiger partial charge in [-0.3, -0.25) is 9.69 Å². The average molecular weight is 338 g/mol. The van der Waals surface area contributed by atoms with E-state index in [0.717, 1.165) is 70.9 Å². The third-order valence-corrected chi connectivity index (χ3v) is 6.30. The number of aliphatic hydroxyl groups is 2. The van der Waals surface area contributed by atoms with Crippen LogP contribution in [-0.4, -0.2) is 57.9 Å². The lowest BCUT2D eigenvalue weighted by Crippen LogP contribution is -2.53. The number of amides is 1. The molecule has 1 heterocycles. The first kappa shape index (κ1) is 18.2. The molecule has 1 saturated heterocycles. The van der Waals surface area contributed by atoms with Gasteiger partial charge < -0.3 is 15.5 Å². The van der Waals surface area contributed by atoms with E-state index in [1.807, 2.05) is 0 Å². The number of carbonyl (C=O) groups excluding carboxylic acids is 1. The van der Waals surface area contributed by atoms with Crippen LogP contribution in [0.25, 0.3) is 0 Å². The fourth-order valence-corrected chi connectivity index (χ4v) is 4.90. The van der Waals surface area contributed by atoms with Crippen molar-refractivity contribution in [3.05, 3.63) is 0 Å². The molecule has 0 unspecified atom stereocenters. The Hall–Kier alpha value is -0.650. The molecule has 3 fully saturated rings. The van der Waals surface area contributed by atoms with Gasteiger partial charge in [-0.25, -0.2) is 0 Å². The van der Waals surface area contributed by atoms with Gasteiger partial charge in [-0.05, 0) is 51.6 Å². The third-order valence-electron chi connectivity index (χ3n) is 6.30. The van der Waals surface area contributed by atoms with Gasteiger partial charge in [0.2, 0.25) is 5.91 Å². The van der Waals surface area contributed by atoms with Crippen LogP contribution in [0.2, 0.25) is 0 Å². The zero-order valence-corrected chi connectivity index (χ0v) is 14.9. The summed E-state index contributed by atoms with van der Waals surface area (Å²) in [7, 11) is 0. The highest BCUT2D eigenvalue weighted by atomic mass is 16.3. The van der Waals surface area contributed by atoms with Crippen LogP contribution in [0.5, 0.6) is 0 Å². The molecule has 1 aliphatic heterocycles. The van der Waals surface area contributed by atoms with Gasteiger partial charge in [0.05, 0.1) is 24.2 Å². The first-order valence-corrected chi connectivity index (χ1v) is 10.0. The molecule has 5 nitrogen and oxygen atoms in total. The van der Waals surface area contributed by atoms with Crippen LogP contribution in [0.1, 0.15) is 77.0 Å². The van der Waals surface area contributed by atoms with Crippen molar-refractivity contribution in [2.75, 3.05) is 13.1 Å². The molecular weight excluding hydrogens is 304 g/mol. The largest absolute Gasteiger partial charge is 0.389 e. The second kappa shape index (κ2) is 8.15. The molecule has 1 amide bonds. The van der Waals surface area contributed by atoms with E-state index >= 15 is 0 Å². The van der Waals surface area contributed by atoms with E-state index in [-0.39, 0.29) is 24.4 Å². The predicted octanol–water partition coefficient (Wildman–Crippen LogP) is 1.96. The first-order chi connectivity index (χ1) is 11.6. The van der Waals surface area contributed by atoms with Crippen molar-refractivity contribution in [2.24, 2.45) is 0 Å². The summed E-state index contributed by atoms with van der Waals surface area (Å²) in [5.41, 5.74) is -0.827. The van der Waals surface area contributed by atoms with Gasteiger partial charge in [0, 0.05) is 6.04 Å². The van der Waals surface area contributed by atoms with E-state index < -0.39 is 11.7 Å². The standard InChI is InChI=1S/C19H34N2O3/c22-17(14-19(24)10-4-1-5-11-19)20-15-8-2-3-9-16(18(15)23)21-12-6-7-13-21/h15-16,18,23-24H,1-14H2,(H,20,22)/t15-,16-,18-/m1/s1. The lowest BCUT2D eigenvalue weighted by molar-refractivity contribution is -0.129. The normalized spacial score (nSPS) is 34.7. The Labute approximate surface area is 145 Å². The summed E-state index contributed by atoms with van der Waals surface area (Å²) in [5.74, 6) is -0.0921. The number of carbonyl (C=O) groups is 1. The van der Waals surface area contributed by atoms with Crippen molar-refractivity contribution in [1.29, 1.82) is 0 Å². The maximum atomic E-state index is 12.5. The summed E-state index contributed by atoms with van der Waals surface area (Å²) in [6.45, 7) is 2.14. The van der Waals surface area contributed by atoms with Crippen LogP contribution in [0.4, 0.5) is 0 Å². The SMILES string of the molecule is O=C(CC1(O)CCCCC1)N[C@@H]1CCCC[C@@H](N2CCCC2)[C@@H]1O. The van der Waals surface area contributed by atoms with E-state index in [9.17, 15) is 15.0 Å². The Morgan fingerprint density at radius 2 is 1.67 bits per heavy atom. The quantitative estimate of drug-likeness (QED) is 0.685. The molecule has 2 aliphatic carbocycles. The molecule has 0 aromatic heterocycles. The summed E-state index contributed by atoms with van der Waals surface area (Å²) in [5, 5.41) is 24.5. The Balaban J connectivity index is 1.56. The summed E-state index contributed by atoms with van der Waals surface area (Å²) in [4.78, 5) is 14.9. The fourth-order valence-electron chi connectivity index (χ4n) is 4.90. The van der Waals surface area contributed by atoms with E-state index in [1.54, 1.807) is 0 Å². The van der Waals surface area contributed by atoms with E-state index in [4.69, 9.17) is 0 Å². The lowest BCUT2D eigenvalue weighted by atomic mass is 9.82. The molecule has 0 aromatic rings. The number of rotatable bonds is 4. The topological polar surface area (TPSA) is 72.8 Å². The van der Waals surface area contributed by atoms with Gasteiger partial charge in [0.15, 0.2) is 0 Å². The first-order valence-electron chi connectivity index (χ1n) is 10.0. The summed E-state index contributed by atoms with van der Waals surface area (Å²) >= 11 is 0. The molecule has 3 rings (SSSR count). The minimum Gasteiger partial charge on any atom is -0.389 e. The van der Waals surface area contributed by atoms with Crippen molar-refractivity contribution in [1.82, 2.24) is 10.2 Å². The van der Waals surface area contributed by atoms with Crippen molar-refractivity contribution in [3.63, 3.8) is 0 Å². The molecule has 0 radical (unpaired) electrons. The van der Waals surface area contributed by atoms with Crippen LogP contribution in [0.3, 0.4) is 0 Å². The second-order valence-corrected chi connectivity index (χ2v) is 8.22. The zero-order chi connectivity index (χ0) is 17.0. The minimum absolute atomic E-state index is 0.0921. The van der Waals surface area contributed by atoms with Crippen LogP contribution in [0, 0.1) is 0 Å². The van der Waals surface area contributed by atoms with Crippen LogP contribution in [-0.2, 0) is 4.79 Å². The Morgan fingerprint density at radius 1 is 1.00 bits per heavy atom. The second-order valence-electron chi connectivity index (χ2n) is 8.22. The number of nitrogens with zero attached hydrogens (tertiary/aromatic N) is 1. The van der Waals surface area contributed by atoms with Gasteiger partial charge in [-0.2, -0.15) is 0 Å². The lowest BCUT2D eigenvalue weighted by Gasteiger charge is -2.35. The van der Waals surface area contributed by atoms with Gasteiger partial charge in [0.1, 0.15) is 0 Å². The van der Waals surface area contributed by atoms with Crippen molar-refractivity contribution < 1.29 is 15.0 Å². The predicted molar refractivity (Wildman–Crippen MR) is 93.7 cm³/mol. The molecule has 2 saturated carbocycles. The molecule has 0 bridgehead atoms. The molecule has 0 spiro atoms. The molecule has 0 aromatic carbocycles. The summed E-state index contributed by atoms with van der Waals surface area (Å²) in [6, 6.07) is 0.0101. The zero-order valence-electron chi connectivity index (χ0n) is 14.9. The van der Waals surface area contributed by atoms with Crippen LogP contribution < -0.4 is 5.32 Å². The highest BCUT2D eigenvalue weighted by Gasteiger charge is 2.37. The molecule has 3 N–H and O–H groups in total. The van der Waals surface area contributed by atoms with Gasteiger partial charge >= 0.3 is 0 Å². The maximum absolute atomic E-state index is 12.5. The number of aliphatic hydroxyl groups excluding tert-OH is 1. The maximum Gasteiger partial charge on any atom is 0.223 e. The van der Waals surface area contributed by atoms with Gasteiger partial charge in [-0.1, -0.05) is 32.1 Å². The van der Waals surface area contributed by atoms with Gasteiger partial charge in [0.25, 0.3) is 0 Å². The van der Waals surface area contributed by atoms with Crippen molar-refractivity contribution in [3.8, 4) is 0 Å². The molecule has 138 valence electrons. The third kappa shape index (κ3) is 4.50. The average Bonchev–Trinajstić information content (AvgIpc) is 3.01. The summed E-state index contributed by atoms with van der Waals surface area (Å²) < 4.78 is 0. The Kier molecular flexibility index (Phi) is 6.17. The Morgan fingerprint density at radius 3 is 2.38 bits per heavy atom. The molecule has 3 atom stereocenters. The molecule has 5 heteroatoms. The van der Waals surface area contributed by atoms with E-state index in [1.165, 1.54) is 12.8 Å². The number of hydrogen-bond donors (Lipinski definition) is 3. The van der Waals surface area contributed by atoms with Crippen molar-refractivity contribution in [2.45, 2.75) is 101 Å². The molecule has 3 aliphatic rings. The minimum atomic E-state index is -0.827. The van der Waals surface area contributed by atoms with Gasteiger partial charge in [-0.15, -0.1) is 0 Å². The summed E-state index contributed by atoms with van der Waals surface area (Å²) in [6.07, 6.45) is 10.8. The molecule has 24 heavy (non-hydrogen) atoms. The van der Waals surface area contributed by atoms with E-state index in [2.05, 4.69) is 10.2 Å². The van der Waals surface area contributed by atoms with Crippen LogP contribution in [0.15, 0.2) is 0 Å². The fraction of sp³-hybridized carbons (Fsp3) is 0.947. The smallest absolute Gasteiger partial charge is 0.223 e. The number of nitrogens with one attached hydrogen (secondary N) is 1. The highest BCUT2D eigenvalue weighted by Crippen LogP contribution is 2.31. The number of likely N-dealkylation sites (tertiary alicyclic amines) is 1. The monoisotopic (exact) mass is 338 g/mol. The number of hydrogen-bond acceptors (Lipinski definition) is 4. The van der Waals surface area contributed by atoms with Crippen LogP contribution >= 0.6 is 0 Å². The Bertz CT molecular complexity index is 417. The highest BCUT2D eigenvalue weighted by molar-refractivity contribution is 5.77. The molecular formula is C19H34N2O3. The van der Waals surface area contributed by atoms with E-state index in [0.29, 0.717) is 0 Å². The van der Waals surface area contributed by atoms with Crippen molar-refractivity contribution >= 4 is 5.91 Å².